The van der Waals surface area contributed by atoms with E-state index in [2.05, 4.69) is 18.9 Å². The molecular weight excluding hydrogens is 220 g/mol. The Bertz CT molecular complexity index is 303. The number of nitrogens with two attached hydrogens (primary N) is 1. The van der Waals surface area contributed by atoms with E-state index in [4.69, 9.17) is 5.73 Å². The molecule has 2 N–H and O–H groups in total. The highest BCUT2D eigenvalue weighted by Crippen LogP contribution is 2.53. The van der Waals surface area contributed by atoms with Crippen LogP contribution < -0.4 is 5.73 Å². The van der Waals surface area contributed by atoms with E-state index in [9.17, 15) is 0 Å². The molecule has 2 heteroatoms. The van der Waals surface area contributed by atoms with Crippen molar-refractivity contribution in [2.45, 2.75) is 69.9 Å². The molecule has 2 bridgehead atoms. The van der Waals surface area contributed by atoms with Crippen LogP contribution in [0.4, 0.5) is 0 Å². The molecule has 0 radical (unpaired) electrons. The summed E-state index contributed by atoms with van der Waals surface area (Å²) in [7, 11) is 2.39. The van der Waals surface area contributed by atoms with E-state index >= 15 is 0 Å². The van der Waals surface area contributed by atoms with Crippen LogP contribution in [0, 0.1) is 17.8 Å². The molecule has 0 amide bonds. The molecule has 0 saturated heterocycles. The molecule has 5 atom stereocenters. The van der Waals surface area contributed by atoms with Crippen molar-refractivity contribution < 1.29 is 0 Å². The number of hydrogen-bond donors (Lipinski definition) is 1. The van der Waals surface area contributed by atoms with Gasteiger partial charge in [-0.05, 0) is 56.9 Å². The highest BCUT2D eigenvalue weighted by atomic mass is 15.2. The summed E-state index contributed by atoms with van der Waals surface area (Å²) in [5, 5.41) is 0. The average Bonchev–Trinajstić information content (AvgIpc) is 2.98. The number of rotatable bonds is 3. The molecule has 3 aliphatic carbocycles. The topological polar surface area (TPSA) is 29.3 Å². The van der Waals surface area contributed by atoms with Crippen LogP contribution in [0.2, 0.25) is 0 Å². The van der Waals surface area contributed by atoms with Gasteiger partial charge in [0.15, 0.2) is 0 Å². The second-order valence-electron chi connectivity index (χ2n) is 7.42. The van der Waals surface area contributed by atoms with E-state index in [1.807, 2.05) is 0 Å². The summed E-state index contributed by atoms with van der Waals surface area (Å²) in [6.07, 6.45) is 11.4. The lowest BCUT2D eigenvalue weighted by atomic mass is 9.76. The maximum atomic E-state index is 6.26. The molecule has 0 aromatic heterocycles. The van der Waals surface area contributed by atoms with Gasteiger partial charge in [-0.1, -0.05) is 26.2 Å². The molecule has 0 aliphatic heterocycles. The largest absolute Gasteiger partial charge is 0.329 e. The SMILES string of the molecule is CC1CCCC(N(C)C2(CN)CC3CCC2C3)C1. The molecule has 0 aromatic carbocycles. The fraction of sp³-hybridized carbons (Fsp3) is 1.00. The van der Waals surface area contributed by atoms with Gasteiger partial charge in [0.05, 0.1) is 0 Å². The Morgan fingerprint density at radius 3 is 2.56 bits per heavy atom. The molecule has 2 nitrogen and oxygen atoms in total. The van der Waals surface area contributed by atoms with Crippen molar-refractivity contribution in [2.75, 3.05) is 13.6 Å². The first kappa shape index (κ1) is 12.9. The average molecular weight is 250 g/mol. The van der Waals surface area contributed by atoms with Crippen LogP contribution in [0.25, 0.3) is 0 Å². The second-order valence-corrected chi connectivity index (χ2v) is 7.42. The zero-order valence-electron chi connectivity index (χ0n) is 12.2. The molecule has 0 aromatic rings. The van der Waals surface area contributed by atoms with Crippen LogP contribution in [0.15, 0.2) is 0 Å². The van der Waals surface area contributed by atoms with Crippen LogP contribution in [-0.4, -0.2) is 30.1 Å². The van der Waals surface area contributed by atoms with Gasteiger partial charge in [-0.2, -0.15) is 0 Å². The van der Waals surface area contributed by atoms with Crippen molar-refractivity contribution >= 4 is 0 Å². The Morgan fingerprint density at radius 2 is 2.00 bits per heavy atom. The minimum Gasteiger partial charge on any atom is -0.329 e. The highest BCUT2D eigenvalue weighted by Gasteiger charge is 2.53. The van der Waals surface area contributed by atoms with Gasteiger partial charge in [0, 0.05) is 18.1 Å². The van der Waals surface area contributed by atoms with Crippen molar-refractivity contribution in [3.63, 3.8) is 0 Å². The van der Waals surface area contributed by atoms with Crippen molar-refractivity contribution in [1.82, 2.24) is 4.90 Å². The van der Waals surface area contributed by atoms with Crippen LogP contribution in [0.1, 0.15) is 58.3 Å². The molecule has 3 fully saturated rings. The summed E-state index contributed by atoms with van der Waals surface area (Å²) >= 11 is 0. The van der Waals surface area contributed by atoms with Crippen molar-refractivity contribution in [1.29, 1.82) is 0 Å². The second kappa shape index (κ2) is 4.79. The summed E-state index contributed by atoms with van der Waals surface area (Å²) in [5.41, 5.74) is 6.62. The molecule has 3 aliphatic rings. The summed E-state index contributed by atoms with van der Waals surface area (Å²) in [4.78, 5) is 2.74. The first-order valence-corrected chi connectivity index (χ1v) is 8.08. The fourth-order valence-corrected chi connectivity index (χ4v) is 5.36. The maximum Gasteiger partial charge on any atom is 0.0362 e. The number of likely N-dealkylation sites (N-methyl/N-ethyl adjacent to an activating group) is 1. The molecule has 0 spiro atoms. The molecule has 0 heterocycles. The van der Waals surface area contributed by atoms with E-state index in [0.29, 0.717) is 5.54 Å². The summed E-state index contributed by atoms with van der Waals surface area (Å²) < 4.78 is 0. The third-order valence-electron chi connectivity index (χ3n) is 6.46. The predicted molar refractivity (Wildman–Crippen MR) is 76.4 cm³/mol. The number of hydrogen-bond acceptors (Lipinski definition) is 2. The Hall–Kier alpha value is -0.0800. The van der Waals surface area contributed by atoms with Crippen molar-refractivity contribution in [3.8, 4) is 0 Å². The summed E-state index contributed by atoms with van der Waals surface area (Å²) in [5.74, 6) is 2.80. The van der Waals surface area contributed by atoms with Crippen LogP contribution >= 0.6 is 0 Å². The zero-order valence-corrected chi connectivity index (χ0v) is 12.2. The normalized spacial score (nSPS) is 48.0. The number of fused-ring (bicyclic) bond motifs is 2. The minimum atomic E-state index is 0.366. The van der Waals surface area contributed by atoms with E-state index in [-0.39, 0.29) is 0 Å². The van der Waals surface area contributed by atoms with Crippen LogP contribution in [0.5, 0.6) is 0 Å². The lowest BCUT2D eigenvalue weighted by Gasteiger charge is -2.50. The monoisotopic (exact) mass is 250 g/mol. The van der Waals surface area contributed by atoms with Gasteiger partial charge < -0.3 is 5.73 Å². The highest BCUT2D eigenvalue weighted by molar-refractivity contribution is 5.08. The lowest BCUT2D eigenvalue weighted by Crippen LogP contribution is -2.59. The van der Waals surface area contributed by atoms with Gasteiger partial charge >= 0.3 is 0 Å². The summed E-state index contributed by atoms with van der Waals surface area (Å²) in [6.45, 7) is 3.31. The molecule has 3 rings (SSSR count). The molecular formula is C16H30N2. The first-order chi connectivity index (χ1) is 8.65. The van der Waals surface area contributed by atoms with Gasteiger partial charge in [-0.3, -0.25) is 4.90 Å². The van der Waals surface area contributed by atoms with Gasteiger partial charge in [-0.25, -0.2) is 0 Å². The van der Waals surface area contributed by atoms with E-state index in [0.717, 1.165) is 30.3 Å². The van der Waals surface area contributed by atoms with Gasteiger partial charge in [0.25, 0.3) is 0 Å². The van der Waals surface area contributed by atoms with E-state index < -0.39 is 0 Å². The third kappa shape index (κ3) is 1.92. The van der Waals surface area contributed by atoms with E-state index in [1.165, 1.54) is 51.4 Å². The van der Waals surface area contributed by atoms with E-state index in [1.54, 1.807) is 0 Å². The zero-order chi connectivity index (χ0) is 12.8. The third-order valence-corrected chi connectivity index (χ3v) is 6.46. The molecule has 5 unspecified atom stereocenters. The van der Waals surface area contributed by atoms with Gasteiger partial charge in [-0.15, -0.1) is 0 Å². The predicted octanol–water partition coefficient (Wildman–Crippen LogP) is 3.01. The first-order valence-electron chi connectivity index (χ1n) is 8.08. The summed E-state index contributed by atoms with van der Waals surface area (Å²) in [6, 6.07) is 0.802. The van der Waals surface area contributed by atoms with Crippen LogP contribution in [-0.2, 0) is 0 Å². The van der Waals surface area contributed by atoms with Crippen LogP contribution in [0.3, 0.4) is 0 Å². The van der Waals surface area contributed by atoms with Gasteiger partial charge in [0.1, 0.15) is 0 Å². The number of nitrogens with zero attached hydrogens (tertiary/aromatic N) is 1. The molecule has 3 saturated carbocycles. The minimum absolute atomic E-state index is 0.366. The Kier molecular flexibility index (Phi) is 3.44. The van der Waals surface area contributed by atoms with Crippen molar-refractivity contribution in [2.24, 2.45) is 23.5 Å². The Labute approximate surface area is 112 Å². The Morgan fingerprint density at radius 1 is 1.17 bits per heavy atom. The maximum absolute atomic E-state index is 6.26. The standard InChI is InChI=1S/C16H30N2/c1-12-4-3-5-15(8-12)18(2)16(11-17)10-13-6-7-14(16)9-13/h12-15H,3-11,17H2,1-2H3. The Balaban J connectivity index is 1.75. The lowest BCUT2D eigenvalue weighted by molar-refractivity contribution is 0.00834. The van der Waals surface area contributed by atoms with Crippen molar-refractivity contribution in [3.05, 3.63) is 0 Å². The quantitative estimate of drug-likeness (QED) is 0.834. The van der Waals surface area contributed by atoms with Gasteiger partial charge in [0.2, 0.25) is 0 Å². The molecule has 104 valence electrons. The smallest absolute Gasteiger partial charge is 0.0362 e. The molecule has 18 heavy (non-hydrogen) atoms. The fourth-order valence-electron chi connectivity index (χ4n) is 5.36.